The summed E-state index contributed by atoms with van der Waals surface area (Å²) in [5, 5.41) is 29.7. The van der Waals surface area contributed by atoms with Crippen molar-refractivity contribution in [3.8, 4) is 5.75 Å². The third-order valence-electron chi connectivity index (χ3n) is 3.76. The molecule has 27 heavy (non-hydrogen) atoms. The number of benzene rings is 3. The SMILES string of the molecule is Cc1cc(N=Nc2c(O)ccc3ccc(S(=O)(=O)O)cc23)cc([N+](=O)[O-])c1. The van der Waals surface area contributed by atoms with Crippen LogP contribution in [0.25, 0.3) is 10.8 Å². The van der Waals surface area contributed by atoms with Crippen LogP contribution in [0.3, 0.4) is 0 Å². The highest BCUT2D eigenvalue weighted by Crippen LogP contribution is 2.37. The van der Waals surface area contributed by atoms with Gasteiger partial charge in [0, 0.05) is 17.5 Å². The van der Waals surface area contributed by atoms with Gasteiger partial charge in [-0.2, -0.15) is 13.5 Å². The van der Waals surface area contributed by atoms with Crippen LogP contribution in [-0.4, -0.2) is 23.0 Å². The number of rotatable bonds is 4. The van der Waals surface area contributed by atoms with Gasteiger partial charge in [0.05, 0.1) is 15.5 Å². The fraction of sp³-hybridized carbons (Fsp3) is 0.0588. The Morgan fingerprint density at radius 3 is 2.41 bits per heavy atom. The van der Waals surface area contributed by atoms with E-state index in [9.17, 15) is 28.2 Å². The maximum atomic E-state index is 11.4. The number of nitro groups is 1. The molecule has 9 nitrogen and oxygen atoms in total. The van der Waals surface area contributed by atoms with Crippen LogP contribution in [0.2, 0.25) is 0 Å². The molecule has 138 valence electrons. The van der Waals surface area contributed by atoms with E-state index in [2.05, 4.69) is 10.2 Å². The molecule has 0 aliphatic rings. The molecule has 10 heteroatoms. The van der Waals surface area contributed by atoms with Gasteiger partial charge >= 0.3 is 0 Å². The smallest absolute Gasteiger partial charge is 0.294 e. The van der Waals surface area contributed by atoms with Crippen LogP contribution < -0.4 is 0 Å². The fourth-order valence-electron chi connectivity index (χ4n) is 2.55. The molecule has 0 aliphatic heterocycles. The summed E-state index contributed by atoms with van der Waals surface area (Å²) >= 11 is 0. The number of phenolic OH excluding ortho intramolecular Hbond substituents is 1. The third kappa shape index (κ3) is 3.91. The summed E-state index contributed by atoms with van der Waals surface area (Å²) < 4.78 is 32.0. The molecule has 3 aromatic rings. The average Bonchev–Trinajstić information content (AvgIpc) is 2.59. The van der Waals surface area contributed by atoms with Crippen LogP contribution in [0.1, 0.15) is 5.56 Å². The molecular weight excluding hydrogens is 374 g/mol. The number of nitro benzene ring substituents is 1. The van der Waals surface area contributed by atoms with Crippen LogP contribution in [-0.2, 0) is 10.1 Å². The monoisotopic (exact) mass is 387 g/mol. The molecule has 0 radical (unpaired) electrons. The van der Waals surface area contributed by atoms with Crippen molar-refractivity contribution < 1.29 is 23.0 Å². The Kier molecular flexibility index (Phi) is 4.60. The zero-order chi connectivity index (χ0) is 19.8. The zero-order valence-electron chi connectivity index (χ0n) is 13.9. The lowest BCUT2D eigenvalue weighted by atomic mass is 10.1. The molecular formula is C17H13N3O6S. The van der Waals surface area contributed by atoms with Gasteiger partial charge in [0.25, 0.3) is 15.8 Å². The number of non-ortho nitro benzene ring substituents is 1. The number of azo groups is 1. The molecule has 0 saturated heterocycles. The van der Waals surface area contributed by atoms with Gasteiger partial charge in [-0.25, -0.2) is 0 Å². The number of hydrogen-bond donors (Lipinski definition) is 2. The van der Waals surface area contributed by atoms with Crippen molar-refractivity contribution in [2.45, 2.75) is 11.8 Å². The van der Waals surface area contributed by atoms with Crippen LogP contribution in [0.4, 0.5) is 17.1 Å². The Bertz CT molecular complexity index is 1200. The minimum atomic E-state index is -4.44. The van der Waals surface area contributed by atoms with Crippen molar-refractivity contribution in [1.82, 2.24) is 0 Å². The fourth-order valence-corrected chi connectivity index (χ4v) is 3.06. The second-order valence-electron chi connectivity index (χ2n) is 5.78. The van der Waals surface area contributed by atoms with E-state index in [1.54, 1.807) is 19.1 Å². The number of phenols is 1. The van der Waals surface area contributed by atoms with Gasteiger partial charge in [-0.1, -0.05) is 12.1 Å². The molecule has 0 amide bonds. The molecule has 0 heterocycles. The molecule has 0 spiro atoms. The highest BCUT2D eigenvalue weighted by Gasteiger charge is 2.14. The van der Waals surface area contributed by atoms with Crippen LogP contribution in [0.15, 0.2) is 63.7 Å². The summed E-state index contributed by atoms with van der Waals surface area (Å²) in [7, 11) is -4.44. The van der Waals surface area contributed by atoms with Crippen molar-refractivity contribution >= 4 is 38.0 Å². The minimum Gasteiger partial charge on any atom is -0.506 e. The molecule has 2 N–H and O–H groups in total. The summed E-state index contributed by atoms with van der Waals surface area (Å²) in [4.78, 5) is 10.0. The number of fused-ring (bicyclic) bond motifs is 1. The molecule has 0 bridgehead atoms. The predicted molar refractivity (Wildman–Crippen MR) is 97.4 cm³/mol. The maximum absolute atomic E-state index is 11.4. The summed E-state index contributed by atoms with van der Waals surface area (Å²) in [5.74, 6) is -0.263. The highest BCUT2D eigenvalue weighted by molar-refractivity contribution is 7.85. The van der Waals surface area contributed by atoms with E-state index in [1.165, 1.54) is 30.3 Å². The lowest BCUT2D eigenvalue weighted by Gasteiger charge is -2.06. The van der Waals surface area contributed by atoms with E-state index in [1.807, 2.05) is 0 Å². The largest absolute Gasteiger partial charge is 0.506 e. The maximum Gasteiger partial charge on any atom is 0.294 e. The van der Waals surface area contributed by atoms with Crippen molar-refractivity contribution in [2.75, 3.05) is 0 Å². The molecule has 3 aromatic carbocycles. The average molecular weight is 387 g/mol. The zero-order valence-corrected chi connectivity index (χ0v) is 14.7. The Labute approximate surface area is 153 Å². The first kappa shape index (κ1) is 18.4. The topological polar surface area (TPSA) is 142 Å². The second kappa shape index (κ2) is 6.74. The van der Waals surface area contributed by atoms with Crippen molar-refractivity contribution in [3.63, 3.8) is 0 Å². The van der Waals surface area contributed by atoms with Gasteiger partial charge in [0.2, 0.25) is 0 Å². The summed E-state index contributed by atoms with van der Waals surface area (Å²) in [6.07, 6.45) is 0. The Morgan fingerprint density at radius 2 is 1.74 bits per heavy atom. The van der Waals surface area contributed by atoms with E-state index in [4.69, 9.17) is 0 Å². The molecule has 0 unspecified atom stereocenters. The van der Waals surface area contributed by atoms with Gasteiger partial charge in [-0.05, 0) is 42.1 Å². The quantitative estimate of drug-likeness (QED) is 0.293. The molecule has 0 atom stereocenters. The van der Waals surface area contributed by atoms with Crippen molar-refractivity contribution in [1.29, 1.82) is 0 Å². The molecule has 0 aliphatic carbocycles. The first-order chi connectivity index (χ1) is 12.6. The van der Waals surface area contributed by atoms with Crippen LogP contribution >= 0.6 is 0 Å². The van der Waals surface area contributed by atoms with Gasteiger partial charge < -0.3 is 5.11 Å². The Hall–Kier alpha value is -3.37. The van der Waals surface area contributed by atoms with E-state index in [0.29, 0.717) is 10.9 Å². The Morgan fingerprint density at radius 1 is 1.04 bits per heavy atom. The van der Waals surface area contributed by atoms with Gasteiger partial charge in [0.15, 0.2) is 0 Å². The lowest BCUT2D eigenvalue weighted by molar-refractivity contribution is -0.384. The normalized spacial score (nSPS) is 11.9. The number of aromatic hydroxyl groups is 1. The van der Waals surface area contributed by atoms with E-state index in [0.717, 1.165) is 6.07 Å². The first-order valence-electron chi connectivity index (χ1n) is 7.56. The molecule has 0 fully saturated rings. The highest BCUT2D eigenvalue weighted by atomic mass is 32.2. The minimum absolute atomic E-state index is 0.0258. The standard InChI is InChI=1S/C17H13N3O6S/c1-10-6-12(8-13(7-10)20(22)23)18-19-17-15-9-14(27(24,25)26)4-2-11(15)3-5-16(17)21/h2-9,21H,1H3,(H,24,25,26). The number of aryl methyl sites for hydroxylation is 1. The van der Waals surface area contributed by atoms with E-state index < -0.39 is 15.0 Å². The number of nitrogens with zero attached hydrogens (tertiary/aromatic N) is 3. The molecule has 0 aromatic heterocycles. The van der Waals surface area contributed by atoms with Gasteiger partial charge in [-0.3, -0.25) is 14.7 Å². The summed E-state index contributed by atoms with van der Waals surface area (Å²) in [6.45, 7) is 1.67. The van der Waals surface area contributed by atoms with Crippen molar-refractivity contribution in [3.05, 3.63) is 64.2 Å². The molecule has 3 rings (SSSR count). The second-order valence-corrected chi connectivity index (χ2v) is 7.20. The first-order valence-corrected chi connectivity index (χ1v) is 9.00. The van der Waals surface area contributed by atoms with Crippen LogP contribution in [0.5, 0.6) is 5.75 Å². The third-order valence-corrected chi connectivity index (χ3v) is 4.61. The van der Waals surface area contributed by atoms with E-state index in [-0.39, 0.29) is 33.1 Å². The summed E-state index contributed by atoms with van der Waals surface area (Å²) in [5.41, 5.74) is 0.625. The number of hydrogen-bond acceptors (Lipinski definition) is 7. The predicted octanol–water partition coefficient (Wildman–Crippen LogP) is 4.42. The summed E-state index contributed by atoms with van der Waals surface area (Å²) in [6, 6.07) is 10.9. The van der Waals surface area contributed by atoms with Gasteiger partial charge in [-0.15, -0.1) is 5.11 Å². The Balaban J connectivity index is 2.15. The molecule has 0 saturated carbocycles. The van der Waals surface area contributed by atoms with Crippen LogP contribution in [0, 0.1) is 17.0 Å². The van der Waals surface area contributed by atoms with Crippen molar-refractivity contribution in [2.24, 2.45) is 10.2 Å². The van der Waals surface area contributed by atoms with Gasteiger partial charge in [0.1, 0.15) is 11.4 Å². The lowest BCUT2D eigenvalue weighted by Crippen LogP contribution is -1.97. The van der Waals surface area contributed by atoms with E-state index >= 15 is 0 Å².